The van der Waals surface area contributed by atoms with Crippen LogP contribution in [0, 0.1) is 5.82 Å². The molecule has 0 aliphatic rings. The molecule has 0 spiro atoms. The van der Waals surface area contributed by atoms with Gasteiger partial charge in [0.05, 0.1) is 0 Å². The second-order valence-electron chi connectivity index (χ2n) is 5.17. The van der Waals surface area contributed by atoms with Crippen LogP contribution in [0.5, 0.6) is 0 Å². The maximum Gasteiger partial charge on any atom is 0.270 e. The number of hydrogen-bond acceptors (Lipinski definition) is 4. The van der Waals surface area contributed by atoms with Gasteiger partial charge in [-0.3, -0.25) is 4.79 Å². The number of hydrogen-bond donors (Lipinski definition) is 2. The van der Waals surface area contributed by atoms with E-state index in [1.807, 2.05) is 6.07 Å². The molecule has 0 saturated carbocycles. The third kappa shape index (κ3) is 5.32. The summed E-state index contributed by atoms with van der Waals surface area (Å²) in [6.07, 6.45) is 3.84. The first-order chi connectivity index (χ1) is 11.2. The highest BCUT2D eigenvalue weighted by Crippen LogP contribution is 2.08. The molecule has 0 saturated heterocycles. The lowest BCUT2D eigenvalue weighted by Gasteiger charge is -2.08. The summed E-state index contributed by atoms with van der Waals surface area (Å²) in [5.41, 5.74) is 0.969. The molecule has 2 aromatic rings. The number of carbonyl (C=O) groups excluding carboxylic acids is 1. The van der Waals surface area contributed by atoms with Gasteiger partial charge in [-0.25, -0.2) is 14.4 Å². The Hall–Kier alpha value is -2.50. The van der Waals surface area contributed by atoms with Gasteiger partial charge in [-0.2, -0.15) is 0 Å². The number of aromatic nitrogens is 2. The Morgan fingerprint density at radius 1 is 1.22 bits per heavy atom. The molecule has 0 radical (unpaired) electrons. The van der Waals surface area contributed by atoms with Crippen molar-refractivity contribution in [3.8, 4) is 0 Å². The monoisotopic (exact) mass is 316 g/mol. The van der Waals surface area contributed by atoms with Gasteiger partial charge in [0.25, 0.3) is 5.91 Å². The van der Waals surface area contributed by atoms with E-state index in [1.54, 1.807) is 18.2 Å². The van der Waals surface area contributed by atoms with E-state index in [-0.39, 0.29) is 11.7 Å². The number of nitrogens with zero attached hydrogens (tertiary/aromatic N) is 2. The van der Waals surface area contributed by atoms with Gasteiger partial charge in [0.2, 0.25) is 0 Å². The molecule has 1 aromatic heterocycles. The average molecular weight is 316 g/mol. The number of unbranched alkanes of at least 4 members (excludes halogenated alkanes) is 1. The third-order valence-corrected chi connectivity index (χ3v) is 3.37. The minimum absolute atomic E-state index is 0.210. The summed E-state index contributed by atoms with van der Waals surface area (Å²) < 4.78 is 13.5. The van der Waals surface area contributed by atoms with Crippen LogP contribution in [0.25, 0.3) is 0 Å². The highest BCUT2D eigenvalue weighted by molar-refractivity contribution is 5.92. The highest BCUT2D eigenvalue weighted by Gasteiger charge is 2.08. The number of halogens is 1. The molecular formula is C17H21FN4O. The fourth-order valence-corrected chi connectivity index (χ4v) is 2.07. The second kappa shape index (κ2) is 8.82. The van der Waals surface area contributed by atoms with E-state index in [4.69, 9.17) is 0 Å². The topological polar surface area (TPSA) is 66.9 Å². The van der Waals surface area contributed by atoms with Crippen molar-refractivity contribution in [2.75, 3.05) is 18.4 Å². The van der Waals surface area contributed by atoms with Gasteiger partial charge >= 0.3 is 0 Å². The molecule has 0 fully saturated rings. The van der Waals surface area contributed by atoms with Crippen molar-refractivity contribution in [2.45, 2.75) is 26.2 Å². The molecule has 1 amide bonds. The minimum atomic E-state index is -0.215. The quantitative estimate of drug-likeness (QED) is 0.735. The molecule has 6 heteroatoms. The Balaban J connectivity index is 1.87. The van der Waals surface area contributed by atoms with Crippen LogP contribution in [0.1, 0.15) is 35.8 Å². The van der Waals surface area contributed by atoms with Crippen molar-refractivity contribution >= 4 is 11.7 Å². The lowest BCUT2D eigenvalue weighted by Crippen LogP contribution is -2.25. The van der Waals surface area contributed by atoms with Gasteiger partial charge in [0.1, 0.15) is 23.7 Å². The largest absolute Gasteiger partial charge is 0.370 e. The molecule has 122 valence electrons. The number of benzene rings is 1. The predicted octanol–water partition coefficient (Wildman–Crippen LogP) is 2.80. The van der Waals surface area contributed by atoms with Crippen LogP contribution in [0.4, 0.5) is 10.2 Å². The molecule has 0 unspecified atom stereocenters. The second-order valence-corrected chi connectivity index (χ2v) is 5.17. The Labute approximate surface area is 135 Å². The van der Waals surface area contributed by atoms with Crippen LogP contribution < -0.4 is 10.6 Å². The third-order valence-electron chi connectivity index (χ3n) is 3.37. The van der Waals surface area contributed by atoms with Crippen LogP contribution in [0.15, 0.2) is 36.7 Å². The van der Waals surface area contributed by atoms with Gasteiger partial charge in [-0.05, 0) is 24.5 Å². The van der Waals surface area contributed by atoms with Crippen LogP contribution in [-0.4, -0.2) is 29.0 Å². The van der Waals surface area contributed by atoms with E-state index in [9.17, 15) is 9.18 Å². The number of carbonyl (C=O) groups is 1. The summed E-state index contributed by atoms with van der Waals surface area (Å²) in [6.45, 7) is 3.22. The van der Waals surface area contributed by atoms with E-state index < -0.39 is 0 Å². The summed E-state index contributed by atoms with van der Waals surface area (Å²) in [5.74, 6) is 0.128. The number of rotatable bonds is 8. The van der Waals surface area contributed by atoms with Crippen LogP contribution >= 0.6 is 0 Å². The molecule has 1 aromatic carbocycles. The van der Waals surface area contributed by atoms with Crippen LogP contribution in [-0.2, 0) is 6.42 Å². The lowest BCUT2D eigenvalue weighted by atomic mass is 10.1. The molecule has 2 N–H and O–H groups in total. The first-order valence-corrected chi connectivity index (χ1v) is 7.78. The van der Waals surface area contributed by atoms with Gasteiger partial charge in [-0.15, -0.1) is 0 Å². The summed E-state index contributed by atoms with van der Waals surface area (Å²) in [7, 11) is 0. The fourth-order valence-electron chi connectivity index (χ4n) is 2.07. The number of amides is 1. The number of nitrogens with one attached hydrogen (secondary N) is 2. The van der Waals surface area contributed by atoms with E-state index in [2.05, 4.69) is 27.5 Å². The zero-order valence-electron chi connectivity index (χ0n) is 13.2. The Morgan fingerprint density at radius 3 is 2.83 bits per heavy atom. The van der Waals surface area contributed by atoms with Crippen molar-refractivity contribution in [1.29, 1.82) is 0 Å². The van der Waals surface area contributed by atoms with E-state index in [0.29, 0.717) is 36.6 Å². The van der Waals surface area contributed by atoms with Crippen LogP contribution in [0.2, 0.25) is 0 Å². The average Bonchev–Trinajstić information content (AvgIpc) is 2.57. The predicted molar refractivity (Wildman–Crippen MR) is 87.9 cm³/mol. The molecule has 23 heavy (non-hydrogen) atoms. The maximum absolute atomic E-state index is 13.5. The molecule has 1 heterocycles. The molecular weight excluding hydrogens is 295 g/mol. The summed E-state index contributed by atoms with van der Waals surface area (Å²) >= 11 is 0. The molecule has 0 aliphatic heterocycles. The van der Waals surface area contributed by atoms with Gasteiger partial charge < -0.3 is 10.6 Å². The maximum atomic E-state index is 13.5. The van der Waals surface area contributed by atoms with Gasteiger partial charge in [0.15, 0.2) is 0 Å². The first-order valence-electron chi connectivity index (χ1n) is 7.78. The van der Waals surface area contributed by atoms with Crippen molar-refractivity contribution in [2.24, 2.45) is 0 Å². The normalized spacial score (nSPS) is 10.3. The molecule has 0 bridgehead atoms. The zero-order chi connectivity index (χ0) is 16.5. The van der Waals surface area contributed by atoms with Crippen LogP contribution in [0.3, 0.4) is 0 Å². The SMILES string of the molecule is CCCCNC(=O)c1cc(NCCc2ccccc2F)ncn1. The smallest absolute Gasteiger partial charge is 0.270 e. The Bertz CT molecular complexity index is 648. The standard InChI is InChI=1S/C17H21FN4O/c1-2-3-9-20-17(23)15-11-16(22-12-21-15)19-10-8-13-6-4-5-7-14(13)18/h4-7,11-12H,2-3,8-10H2,1H3,(H,20,23)(H,19,21,22). The van der Waals surface area contributed by atoms with E-state index in [0.717, 1.165) is 12.8 Å². The zero-order valence-corrected chi connectivity index (χ0v) is 13.2. The van der Waals surface area contributed by atoms with Crippen molar-refractivity contribution in [3.63, 3.8) is 0 Å². The summed E-state index contributed by atoms with van der Waals surface area (Å²) in [6, 6.07) is 8.27. The summed E-state index contributed by atoms with van der Waals surface area (Å²) in [4.78, 5) is 20.0. The van der Waals surface area contributed by atoms with E-state index in [1.165, 1.54) is 12.4 Å². The van der Waals surface area contributed by atoms with Crippen molar-refractivity contribution < 1.29 is 9.18 Å². The summed E-state index contributed by atoms with van der Waals surface area (Å²) in [5, 5.41) is 5.90. The molecule has 0 aliphatic carbocycles. The first kappa shape index (κ1) is 16.9. The fraction of sp³-hybridized carbons (Fsp3) is 0.353. The van der Waals surface area contributed by atoms with Gasteiger partial charge in [0, 0.05) is 19.2 Å². The van der Waals surface area contributed by atoms with Crippen molar-refractivity contribution in [3.05, 3.63) is 53.7 Å². The van der Waals surface area contributed by atoms with Gasteiger partial charge in [-0.1, -0.05) is 31.5 Å². The Morgan fingerprint density at radius 2 is 2.04 bits per heavy atom. The number of anilines is 1. The Kier molecular flexibility index (Phi) is 6.47. The molecule has 2 rings (SSSR count). The van der Waals surface area contributed by atoms with E-state index >= 15 is 0 Å². The molecule has 0 atom stereocenters. The van der Waals surface area contributed by atoms with Crippen molar-refractivity contribution in [1.82, 2.24) is 15.3 Å². The molecule has 5 nitrogen and oxygen atoms in total. The lowest BCUT2D eigenvalue weighted by molar-refractivity contribution is 0.0948. The minimum Gasteiger partial charge on any atom is -0.370 e. The highest BCUT2D eigenvalue weighted by atomic mass is 19.1.